The summed E-state index contributed by atoms with van der Waals surface area (Å²) in [6, 6.07) is 1.95. The molecule has 0 aliphatic carbocycles. The van der Waals surface area contributed by atoms with Gasteiger partial charge in [-0.3, -0.25) is 4.79 Å². The average molecular weight is 262 g/mol. The Labute approximate surface area is 114 Å². The van der Waals surface area contributed by atoms with E-state index in [-0.39, 0.29) is 5.91 Å². The number of amides is 1. The summed E-state index contributed by atoms with van der Waals surface area (Å²) in [6.45, 7) is 8.96. The van der Waals surface area contributed by atoms with Crippen LogP contribution in [0.3, 0.4) is 0 Å². The summed E-state index contributed by atoms with van der Waals surface area (Å²) in [7, 11) is 0. The standard InChI is InChI=1S/C14H22N4O/c1-4-6-17-7-5-8-18(10-14(17)19)13-9-11(2)15-12(3)16-13/h9H,4-8,10H2,1-3H3. The van der Waals surface area contributed by atoms with Crippen LogP contribution in [0.4, 0.5) is 5.82 Å². The monoisotopic (exact) mass is 262 g/mol. The van der Waals surface area contributed by atoms with Crippen molar-refractivity contribution in [2.24, 2.45) is 0 Å². The molecule has 0 radical (unpaired) electrons. The zero-order valence-electron chi connectivity index (χ0n) is 12.0. The maximum atomic E-state index is 12.2. The van der Waals surface area contributed by atoms with Crippen molar-refractivity contribution in [2.75, 3.05) is 31.1 Å². The molecule has 2 heterocycles. The molecule has 1 aromatic heterocycles. The highest BCUT2D eigenvalue weighted by molar-refractivity contribution is 5.81. The van der Waals surface area contributed by atoms with Crippen LogP contribution < -0.4 is 4.90 Å². The van der Waals surface area contributed by atoms with E-state index in [1.165, 1.54) is 0 Å². The molecule has 0 aromatic carbocycles. The lowest BCUT2D eigenvalue weighted by Crippen LogP contribution is -2.37. The van der Waals surface area contributed by atoms with Gasteiger partial charge in [0.2, 0.25) is 5.91 Å². The summed E-state index contributed by atoms with van der Waals surface area (Å²) in [5.74, 6) is 1.84. The highest BCUT2D eigenvalue weighted by Gasteiger charge is 2.22. The third-order valence-corrected chi connectivity index (χ3v) is 3.30. The molecule has 0 N–H and O–H groups in total. The molecule has 0 unspecified atom stereocenters. The molecule has 1 fully saturated rings. The number of hydrogen-bond acceptors (Lipinski definition) is 4. The van der Waals surface area contributed by atoms with Crippen molar-refractivity contribution in [1.29, 1.82) is 0 Å². The number of hydrogen-bond donors (Lipinski definition) is 0. The number of anilines is 1. The third-order valence-electron chi connectivity index (χ3n) is 3.30. The van der Waals surface area contributed by atoms with Crippen LogP contribution in [-0.2, 0) is 4.79 Å². The number of aromatic nitrogens is 2. The van der Waals surface area contributed by atoms with Crippen LogP contribution in [0.2, 0.25) is 0 Å². The van der Waals surface area contributed by atoms with E-state index in [4.69, 9.17) is 0 Å². The van der Waals surface area contributed by atoms with Crippen LogP contribution in [0, 0.1) is 13.8 Å². The minimum atomic E-state index is 0.202. The minimum absolute atomic E-state index is 0.202. The fourth-order valence-corrected chi connectivity index (χ4v) is 2.48. The van der Waals surface area contributed by atoms with Crippen molar-refractivity contribution in [2.45, 2.75) is 33.6 Å². The molecular formula is C14H22N4O. The van der Waals surface area contributed by atoms with E-state index in [2.05, 4.69) is 21.8 Å². The molecule has 19 heavy (non-hydrogen) atoms. The van der Waals surface area contributed by atoms with E-state index in [1.807, 2.05) is 24.8 Å². The molecule has 2 rings (SSSR count). The van der Waals surface area contributed by atoms with Gasteiger partial charge in [0.1, 0.15) is 11.6 Å². The first kappa shape index (κ1) is 13.8. The highest BCUT2D eigenvalue weighted by atomic mass is 16.2. The zero-order chi connectivity index (χ0) is 13.8. The largest absolute Gasteiger partial charge is 0.347 e. The lowest BCUT2D eigenvalue weighted by molar-refractivity contribution is -0.129. The molecule has 1 saturated heterocycles. The first-order valence-electron chi connectivity index (χ1n) is 6.95. The van der Waals surface area contributed by atoms with Crippen LogP contribution >= 0.6 is 0 Å². The Bertz CT molecular complexity index is 441. The van der Waals surface area contributed by atoms with Gasteiger partial charge < -0.3 is 9.80 Å². The predicted octanol–water partition coefficient (Wildman–Crippen LogP) is 1.54. The molecule has 0 bridgehead atoms. The Morgan fingerprint density at radius 1 is 1.26 bits per heavy atom. The van der Waals surface area contributed by atoms with Crippen LogP contribution in [0.5, 0.6) is 0 Å². The molecule has 0 saturated carbocycles. The Hall–Kier alpha value is -1.65. The fraction of sp³-hybridized carbons (Fsp3) is 0.643. The average Bonchev–Trinajstić information content (AvgIpc) is 2.52. The molecule has 1 aliphatic heterocycles. The second-order valence-electron chi connectivity index (χ2n) is 5.07. The van der Waals surface area contributed by atoms with Gasteiger partial charge in [0.05, 0.1) is 6.54 Å². The van der Waals surface area contributed by atoms with Gasteiger partial charge in [-0.2, -0.15) is 0 Å². The van der Waals surface area contributed by atoms with Crippen LogP contribution in [0.1, 0.15) is 31.3 Å². The zero-order valence-corrected chi connectivity index (χ0v) is 12.0. The van der Waals surface area contributed by atoms with Gasteiger partial charge in [-0.1, -0.05) is 6.92 Å². The maximum absolute atomic E-state index is 12.2. The van der Waals surface area contributed by atoms with E-state index in [1.54, 1.807) is 0 Å². The van der Waals surface area contributed by atoms with Gasteiger partial charge in [0, 0.05) is 31.4 Å². The van der Waals surface area contributed by atoms with Crippen LogP contribution in [0.25, 0.3) is 0 Å². The fourth-order valence-electron chi connectivity index (χ4n) is 2.48. The van der Waals surface area contributed by atoms with Crippen LogP contribution in [-0.4, -0.2) is 47.0 Å². The number of carbonyl (C=O) groups is 1. The van der Waals surface area contributed by atoms with E-state index in [0.29, 0.717) is 6.54 Å². The Morgan fingerprint density at radius 3 is 2.74 bits per heavy atom. The van der Waals surface area contributed by atoms with Gasteiger partial charge in [-0.25, -0.2) is 9.97 Å². The number of aryl methyl sites for hydroxylation is 2. The Balaban J connectivity index is 2.15. The summed E-state index contributed by atoms with van der Waals surface area (Å²) in [6.07, 6.45) is 2.01. The SMILES string of the molecule is CCCN1CCCN(c2cc(C)nc(C)n2)CC1=O. The van der Waals surface area contributed by atoms with Gasteiger partial charge in [-0.05, 0) is 26.7 Å². The highest BCUT2D eigenvalue weighted by Crippen LogP contribution is 2.15. The predicted molar refractivity (Wildman–Crippen MR) is 75.2 cm³/mol. The molecule has 1 amide bonds. The maximum Gasteiger partial charge on any atom is 0.242 e. The second kappa shape index (κ2) is 5.99. The lowest BCUT2D eigenvalue weighted by atomic mass is 10.3. The lowest BCUT2D eigenvalue weighted by Gasteiger charge is -2.22. The quantitative estimate of drug-likeness (QED) is 0.829. The number of carbonyl (C=O) groups excluding carboxylic acids is 1. The van der Waals surface area contributed by atoms with Crippen molar-refractivity contribution in [3.63, 3.8) is 0 Å². The first-order valence-corrected chi connectivity index (χ1v) is 6.95. The smallest absolute Gasteiger partial charge is 0.242 e. The molecule has 0 spiro atoms. The van der Waals surface area contributed by atoms with Gasteiger partial charge in [0.15, 0.2) is 0 Å². The second-order valence-corrected chi connectivity index (χ2v) is 5.07. The molecule has 1 aliphatic rings. The summed E-state index contributed by atoms with van der Waals surface area (Å²) >= 11 is 0. The minimum Gasteiger partial charge on any atom is -0.347 e. The number of nitrogens with zero attached hydrogens (tertiary/aromatic N) is 4. The molecule has 5 heteroatoms. The van der Waals surface area contributed by atoms with E-state index < -0.39 is 0 Å². The summed E-state index contributed by atoms with van der Waals surface area (Å²) in [4.78, 5) is 25.0. The normalized spacial score (nSPS) is 16.7. The van der Waals surface area contributed by atoms with E-state index in [9.17, 15) is 4.79 Å². The van der Waals surface area contributed by atoms with Crippen molar-refractivity contribution in [3.8, 4) is 0 Å². The summed E-state index contributed by atoms with van der Waals surface area (Å²) < 4.78 is 0. The number of rotatable bonds is 3. The molecule has 1 aromatic rings. The van der Waals surface area contributed by atoms with Crippen molar-refractivity contribution in [3.05, 3.63) is 17.6 Å². The molecular weight excluding hydrogens is 240 g/mol. The third kappa shape index (κ3) is 3.43. The Kier molecular flexibility index (Phi) is 4.35. The van der Waals surface area contributed by atoms with Gasteiger partial charge >= 0.3 is 0 Å². The van der Waals surface area contributed by atoms with Gasteiger partial charge in [0.25, 0.3) is 0 Å². The molecule has 5 nitrogen and oxygen atoms in total. The molecule has 104 valence electrons. The topological polar surface area (TPSA) is 49.3 Å². The molecule has 0 atom stereocenters. The van der Waals surface area contributed by atoms with Crippen molar-refractivity contribution >= 4 is 11.7 Å². The Morgan fingerprint density at radius 2 is 2.05 bits per heavy atom. The van der Waals surface area contributed by atoms with Gasteiger partial charge in [-0.15, -0.1) is 0 Å². The van der Waals surface area contributed by atoms with E-state index >= 15 is 0 Å². The summed E-state index contributed by atoms with van der Waals surface area (Å²) in [5, 5.41) is 0. The van der Waals surface area contributed by atoms with Crippen molar-refractivity contribution < 1.29 is 4.79 Å². The summed E-state index contributed by atoms with van der Waals surface area (Å²) in [5.41, 5.74) is 0.949. The van der Waals surface area contributed by atoms with E-state index in [0.717, 1.165) is 49.8 Å². The first-order chi connectivity index (χ1) is 9.10. The van der Waals surface area contributed by atoms with Crippen molar-refractivity contribution in [1.82, 2.24) is 14.9 Å². The van der Waals surface area contributed by atoms with Crippen LogP contribution in [0.15, 0.2) is 6.07 Å².